The highest BCUT2D eigenvalue weighted by Gasteiger charge is 2.27. The van der Waals surface area contributed by atoms with Crippen LogP contribution in [0, 0.1) is 0 Å². The van der Waals surface area contributed by atoms with Crippen LogP contribution in [0.15, 0.2) is 83.8 Å². The number of ether oxygens (including phenoxy) is 2. The summed E-state index contributed by atoms with van der Waals surface area (Å²) >= 11 is 0. The molecule has 1 N–H and O–H groups in total. The molecule has 3 aromatic carbocycles. The summed E-state index contributed by atoms with van der Waals surface area (Å²) in [5.74, 6) is -1.20. The predicted octanol–water partition coefficient (Wildman–Crippen LogP) is 3.38. The van der Waals surface area contributed by atoms with Gasteiger partial charge in [0.15, 0.2) is 6.10 Å². The van der Waals surface area contributed by atoms with Crippen LogP contribution >= 0.6 is 0 Å². The van der Waals surface area contributed by atoms with Crippen molar-refractivity contribution in [2.24, 2.45) is 0 Å². The Hall–Kier alpha value is -3.69. The molecule has 3 rings (SSSR count). The van der Waals surface area contributed by atoms with E-state index in [4.69, 9.17) is 9.47 Å². The van der Waals surface area contributed by atoms with Crippen LogP contribution in [0.3, 0.4) is 0 Å². The lowest BCUT2D eigenvalue weighted by Crippen LogP contribution is -2.35. The van der Waals surface area contributed by atoms with Crippen LogP contribution in [0.25, 0.3) is 0 Å². The van der Waals surface area contributed by atoms with Gasteiger partial charge < -0.3 is 14.8 Å². The lowest BCUT2D eigenvalue weighted by molar-refractivity contribution is -0.129. The molecule has 1 unspecified atom stereocenters. The third-order valence-corrected chi connectivity index (χ3v) is 7.12. The number of carbonyl (C=O) groups is 2. The van der Waals surface area contributed by atoms with Crippen molar-refractivity contribution >= 4 is 21.9 Å². The van der Waals surface area contributed by atoms with Crippen LogP contribution in [0.5, 0.6) is 5.75 Å². The second-order valence-electron chi connectivity index (χ2n) is 7.86. The molecule has 0 radical (unpaired) electrons. The quantitative estimate of drug-likeness (QED) is 0.432. The molecule has 0 saturated heterocycles. The molecule has 0 aromatic heterocycles. The molecule has 0 heterocycles. The van der Waals surface area contributed by atoms with Crippen molar-refractivity contribution in [1.82, 2.24) is 9.62 Å². The molecule has 35 heavy (non-hydrogen) atoms. The van der Waals surface area contributed by atoms with Gasteiger partial charge in [-0.3, -0.25) is 4.79 Å². The van der Waals surface area contributed by atoms with Crippen LogP contribution in [-0.4, -0.2) is 44.9 Å². The summed E-state index contributed by atoms with van der Waals surface area (Å²) < 4.78 is 38.2. The number of nitrogens with zero attached hydrogens (tertiary/aromatic N) is 1. The first-order valence-corrected chi connectivity index (χ1v) is 12.4. The topological polar surface area (TPSA) is 102 Å². The molecule has 0 spiro atoms. The van der Waals surface area contributed by atoms with Gasteiger partial charge in [0.1, 0.15) is 10.6 Å². The van der Waals surface area contributed by atoms with Crippen molar-refractivity contribution in [3.8, 4) is 5.75 Å². The zero-order valence-electron chi connectivity index (χ0n) is 19.8. The van der Waals surface area contributed by atoms with Crippen molar-refractivity contribution in [2.45, 2.75) is 31.0 Å². The van der Waals surface area contributed by atoms with Crippen molar-refractivity contribution in [2.75, 3.05) is 14.2 Å². The van der Waals surface area contributed by atoms with Gasteiger partial charge in [0, 0.05) is 20.1 Å². The molecule has 0 aliphatic heterocycles. The van der Waals surface area contributed by atoms with Crippen LogP contribution in [-0.2, 0) is 32.6 Å². The van der Waals surface area contributed by atoms with E-state index in [2.05, 4.69) is 5.32 Å². The van der Waals surface area contributed by atoms with Gasteiger partial charge in [-0.05, 0) is 36.2 Å². The maximum atomic E-state index is 13.3. The Bertz CT molecular complexity index is 1260. The van der Waals surface area contributed by atoms with Gasteiger partial charge >= 0.3 is 5.97 Å². The van der Waals surface area contributed by atoms with Gasteiger partial charge in [0.25, 0.3) is 5.91 Å². The van der Waals surface area contributed by atoms with Crippen LogP contribution in [0.4, 0.5) is 0 Å². The number of hydrogen-bond donors (Lipinski definition) is 1. The Morgan fingerprint density at radius 1 is 0.943 bits per heavy atom. The minimum Gasteiger partial charge on any atom is -0.495 e. The zero-order chi connectivity index (χ0) is 25.4. The number of amides is 1. The predicted molar refractivity (Wildman–Crippen MR) is 131 cm³/mol. The van der Waals surface area contributed by atoms with Crippen LogP contribution < -0.4 is 10.1 Å². The average molecular weight is 497 g/mol. The molecule has 1 amide bonds. The van der Waals surface area contributed by atoms with E-state index in [-0.39, 0.29) is 22.8 Å². The van der Waals surface area contributed by atoms with Crippen LogP contribution in [0.2, 0.25) is 0 Å². The summed E-state index contributed by atoms with van der Waals surface area (Å²) in [4.78, 5) is 24.9. The number of benzene rings is 3. The lowest BCUT2D eigenvalue weighted by Gasteiger charge is -2.20. The van der Waals surface area contributed by atoms with E-state index < -0.39 is 28.0 Å². The summed E-state index contributed by atoms with van der Waals surface area (Å²) in [7, 11) is -1.20. The molecule has 0 saturated carbocycles. The second kappa shape index (κ2) is 11.6. The molecular formula is C26H28N2O6S. The summed E-state index contributed by atoms with van der Waals surface area (Å²) in [6.45, 7) is 1.88. The fraction of sp³-hybridized carbons (Fsp3) is 0.231. The third kappa shape index (κ3) is 6.68. The van der Waals surface area contributed by atoms with Crippen molar-refractivity contribution in [1.29, 1.82) is 0 Å². The minimum absolute atomic E-state index is 0.0137. The average Bonchev–Trinajstić information content (AvgIpc) is 2.87. The van der Waals surface area contributed by atoms with Gasteiger partial charge in [-0.2, -0.15) is 4.31 Å². The Kier molecular flexibility index (Phi) is 8.62. The van der Waals surface area contributed by atoms with E-state index in [0.717, 1.165) is 11.1 Å². The largest absolute Gasteiger partial charge is 0.495 e. The molecule has 8 nitrogen and oxygen atoms in total. The highest BCUT2D eigenvalue weighted by atomic mass is 32.2. The Morgan fingerprint density at radius 3 is 2.14 bits per heavy atom. The summed E-state index contributed by atoms with van der Waals surface area (Å²) in [5, 5.41) is 2.71. The van der Waals surface area contributed by atoms with Crippen LogP contribution in [0.1, 0.15) is 28.4 Å². The first kappa shape index (κ1) is 25.9. The summed E-state index contributed by atoms with van der Waals surface area (Å²) in [6, 6.07) is 22.4. The first-order valence-electron chi connectivity index (χ1n) is 10.9. The molecule has 0 bridgehead atoms. The van der Waals surface area contributed by atoms with Gasteiger partial charge in [-0.15, -0.1) is 0 Å². The number of hydrogen-bond acceptors (Lipinski definition) is 6. The van der Waals surface area contributed by atoms with E-state index >= 15 is 0 Å². The Labute approximate surface area is 205 Å². The van der Waals surface area contributed by atoms with Gasteiger partial charge in [0.2, 0.25) is 10.0 Å². The smallest absolute Gasteiger partial charge is 0.338 e. The highest BCUT2D eigenvalue weighted by molar-refractivity contribution is 7.89. The van der Waals surface area contributed by atoms with Crippen molar-refractivity contribution < 1.29 is 27.5 Å². The van der Waals surface area contributed by atoms with Gasteiger partial charge in [-0.1, -0.05) is 60.7 Å². The molecule has 1 atom stereocenters. The van der Waals surface area contributed by atoms with Gasteiger partial charge in [0.05, 0.1) is 12.7 Å². The monoisotopic (exact) mass is 496 g/mol. The maximum absolute atomic E-state index is 13.3. The Balaban J connectivity index is 1.73. The van der Waals surface area contributed by atoms with E-state index in [9.17, 15) is 18.0 Å². The first-order chi connectivity index (χ1) is 16.7. The number of rotatable bonds is 10. The Morgan fingerprint density at radius 2 is 1.54 bits per heavy atom. The number of nitrogens with one attached hydrogen (secondary N) is 1. The third-order valence-electron chi connectivity index (χ3n) is 5.30. The number of esters is 1. The SMILES string of the molecule is COc1ccc(C(=O)OC(C)C(=O)NCc2ccccc2)cc1S(=O)(=O)N(C)Cc1ccccc1. The normalized spacial score (nSPS) is 12.1. The number of carbonyl (C=O) groups excluding carboxylic acids is 2. The maximum Gasteiger partial charge on any atom is 0.338 e. The van der Waals surface area contributed by atoms with E-state index in [0.29, 0.717) is 6.54 Å². The van der Waals surface area contributed by atoms with E-state index in [1.165, 1.54) is 43.6 Å². The molecule has 0 aliphatic rings. The number of methoxy groups -OCH3 is 1. The van der Waals surface area contributed by atoms with Crippen molar-refractivity contribution in [3.63, 3.8) is 0 Å². The number of sulfonamides is 1. The highest BCUT2D eigenvalue weighted by Crippen LogP contribution is 2.28. The van der Waals surface area contributed by atoms with Crippen molar-refractivity contribution in [3.05, 3.63) is 95.6 Å². The standard InChI is InChI=1S/C26H28N2O6S/c1-19(25(29)27-17-20-10-6-4-7-11-20)34-26(30)22-14-15-23(33-3)24(16-22)35(31,32)28(2)18-21-12-8-5-9-13-21/h4-16,19H,17-18H2,1-3H3,(H,27,29). The minimum atomic E-state index is -4.00. The molecule has 9 heteroatoms. The fourth-order valence-corrected chi connectivity index (χ4v) is 4.65. The molecular weight excluding hydrogens is 468 g/mol. The molecule has 184 valence electrons. The van der Waals surface area contributed by atoms with E-state index in [1.807, 2.05) is 60.7 Å². The fourth-order valence-electron chi connectivity index (χ4n) is 3.31. The van der Waals surface area contributed by atoms with E-state index in [1.54, 1.807) is 0 Å². The van der Waals surface area contributed by atoms with Gasteiger partial charge in [-0.25, -0.2) is 13.2 Å². The summed E-state index contributed by atoms with van der Waals surface area (Å²) in [5.41, 5.74) is 1.70. The molecule has 3 aromatic rings. The summed E-state index contributed by atoms with van der Waals surface area (Å²) in [6.07, 6.45) is -1.07. The molecule has 0 fully saturated rings. The zero-order valence-corrected chi connectivity index (χ0v) is 20.6. The lowest BCUT2D eigenvalue weighted by atomic mass is 10.2. The molecule has 0 aliphatic carbocycles. The second-order valence-corrected chi connectivity index (χ2v) is 9.88.